The number of halogens is 1. The Bertz CT molecular complexity index is 801. The SMILES string of the molecule is CC(=O)c1ccc(SCC(=O)N2CCC(Cc3ccccc3)CC2)c(F)c1. The molecule has 1 aliphatic heterocycles. The number of carbonyl (C=O) groups excluding carboxylic acids is 2. The molecule has 1 aliphatic rings. The van der Waals surface area contributed by atoms with E-state index in [1.807, 2.05) is 11.0 Å². The van der Waals surface area contributed by atoms with Crippen LogP contribution in [0.15, 0.2) is 53.4 Å². The quantitative estimate of drug-likeness (QED) is 0.539. The summed E-state index contributed by atoms with van der Waals surface area (Å²) in [7, 11) is 0. The number of piperidine rings is 1. The van der Waals surface area contributed by atoms with E-state index in [4.69, 9.17) is 0 Å². The molecule has 0 aliphatic carbocycles. The van der Waals surface area contributed by atoms with Crippen LogP contribution in [0.1, 0.15) is 35.7 Å². The Hall–Kier alpha value is -2.14. The lowest BCUT2D eigenvalue weighted by molar-refractivity contribution is -0.129. The van der Waals surface area contributed by atoms with Gasteiger partial charge < -0.3 is 4.90 Å². The van der Waals surface area contributed by atoms with Gasteiger partial charge in [-0.05, 0) is 49.8 Å². The standard InChI is InChI=1S/C22H24FNO2S/c1-16(25)19-7-8-21(20(23)14-19)27-15-22(26)24-11-9-18(10-12-24)13-17-5-3-2-4-6-17/h2-8,14,18H,9-13,15H2,1H3. The molecule has 0 N–H and O–H groups in total. The Morgan fingerprint density at radius 1 is 1.11 bits per heavy atom. The van der Waals surface area contributed by atoms with Crippen LogP contribution in [0.3, 0.4) is 0 Å². The van der Waals surface area contributed by atoms with Gasteiger partial charge in [0.2, 0.25) is 5.91 Å². The minimum absolute atomic E-state index is 0.0493. The van der Waals surface area contributed by atoms with Crippen LogP contribution in [0.5, 0.6) is 0 Å². The number of nitrogens with zero attached hydrogens (tertiary/aromatic N) is 1. The van der Waals surface area contributed by atoms with Crippen LogP contribution in [0, 0.1) is 11.7 Å². The number of amides is 1. The summed E-state index contributed by atoms with van der Waals surface area (Å²) >= 11 is 1.20. The monoisotopic (exact) mass is 385 g/mol. The second-order valence-electron chi connectivity index (χ2n) is 7.00. The molecule has 1 saturated heterocycles. The van der Waals surface area contributed by atoms with Crippen molar-refractivity contribution in [2.24, 2.45) is 5.92 Å². The fraction of sp³-hybridized carbons (Fsp3) is 0.364. The summed E-state index contributed by atoms with van der Waals surface area (Å²) < 4.78 is 14.1. The summed E-state index contributed by atoms with van der Waals surface area (Å²) in [4.78, 5) is 26.0. The number of ketones is 1. The first-order valence-corrected chi connectivity index (χ1v) is 10.3. The van der Waals surface area contributed by atoms with Gasteiger partial charge in [0.25, 0.3) is 0 Å². The van der Waals surface area contributed by atoms with Crippen LogP contribution in [-0.2, 0) is 11.2 Å². The minimum Gasteiger partial charge on any atom is -0.342 e. The molecular weight excluding hydrogens is 361 g/mol. The van der Waals surface area contributed by atoms with Crippen LogP contribution in [-0.4, -0.2) is 35.4 Å². The summed E-state index contributed by atoms with van der Waals surface area (Å²) in [5.74, 6) is 0.274. The van der Waals surface area contributed by atoms with Gasteiger partial charge in [0.05, 0.1) is 5.75 Å². The molecule has 1 amide bonds. The lowest BCUT2D eigenvalue weighted by atomic mass is 9.90. The second-order valence-corrected chi connectivity index (χ2v) is 8.02. The van der Waals surface area contributed by atoms with Gasteiger partial charge >= 0.3 is 0 Å². The Morgan fingerprint density at radius 3 is 2.44 bits per heavy atom. The maximum atomic E-state index is 14.1. The molecule has 1 fully saturated rings. The van der Waals surface area contributed by atoms with Crippen molar-refractivity contribution in [2.45, 2.75) is 31.1 Å². The van der Waals surface area contributed by atoms with Crippen molar-refractivity contribution in [3.8, 4) is 0 Å². The lowest BCUT2D eigenvalue weighted by Crippen LogP contribution is -2.39. The van der Waals surface area contributed by atoms with Crippen molar-refractivity contribution in [2.75, 3.05) is 18.8 Å². The molecule has 0 spiro atoms. The topological polar surface area (TPSA) is 37.4 Å². The van der Waals surface area contributed by atoms with E-state index in [1.165, 1.54) is 30.3 Å². The van der Waals surface area contributed by atoms with Gasteiger partial charge in [-0.25, -0.2) is 4.39 Å². The number of benzene rings is 2. The number of Topliss-reactive ketones (excluding diaryl/α,β-unsaturated/α-hetero) is 1. The number of hydrogen-bond donors (Lipinski definition) is 0. The van der Waals surface area contributed by atoms with Gasteiger partial charge in [0, 0.05) is 23.5 Å². The summed E-state index contributed by atoms with van der Waals surface area (Å²) in [5.41, 5.74) is 1.70. The highest BCUT2D eigenvalue weighted by atomic mass is 32.2. The van der Waals surface area contributed by atoms with Crippen LogP contribution >= 0.6 is 11.8 Å². The molecule has 1 heterocycles. The fourth-order valence-electron chi connectivity index (χ4n) is 3.40. The summed E-state index contributed by atoms with van der Waals surface area (Å²) in [6, 6.07) is 14.9. The Morgan fingerprint density at radius 2 is 1.81 bits per heavy atom. The molecule has 2 aromatic rings. The van der Waals surface area contributed by atoms with Crippen LogP contribution in [0.2, 0.25) is 0 Å². The average Bonchev–Trinajstić information content (AvgIpc) is 2.68. The van der Waals surface area contributed by atoms with E-state index in [0.717, 1.165) is 32.4 Å². The molecule has 0 atom stereocenters. The minimum atomic E-state index is -0.443. The van der Waals surface area contributed by atoms with Gasteiger partial charge in [0.15, 0.2) is 5.78 Å². The largest absolute Gasteiger partial charge is 0.342 e. The zero-order valence-electron chi connectivity index (χ0n) is 15.5. The molecule has 2 aromatic carbocycles. The van der Waals surface area contributed by atoms with Gasteiger partial charge in [-0.1, -0.05) is 36.4 Å². The third-order valence-corrected chi connectivity index (χ3v) is 6.06. The smallest absolute Gasteiger partial charge is 0.232 e. The summed E-state index contributed by atoms with van der Waals surface area (Å²) in [6.45, 7) is 2.94. The number of thioether (sulfide) groups is 1. The zero-order chi connectivity index (χ0) is 19.2. The van der Waals surface area contributed by atoms with Crippen molar-refractivity contribution >= 4 is 23.5 Å². The van der Waals surface area contributed by atoms with E-state index in [0.29, 0.717) is 16.4 Å². The van der Waals surface area contributed by atoms with Crippen molar-refractivity contribution in [3.63, 3.8) is 0 Å². The van der Waals surface area contributed by atoms with Gasteiger partial charge in [0.1, 0.15) is 5.82 Å². The Kier molecular flexibility index (Phi) is 6.67. The first kappa shape index (κ1) is 19.6. The molecule has 0 unspecified atom stereocenters. The van der Waals surface area contributed by atoms with Gasteiger partial charge in [-0.2, -0.15) is 0 Å². The maximum Gasteiger partial charge on any atom is 0.232 e. The van der Waals surface area contributed by atoms with Crippen molar-refractivity contribution in [1.82, 2.24) is 4.90 Å². The Balaban J connectivity index is 1.46. The fourth-order valence-corrected chi connectivity index (χ4v) is 4.22. The van der Waals surface area contributed by atoms with E-state index in [9.17, 15) is 14.0 Å². The maximum absolute atomic E-state index is 14.1. The van der Waals surface area contributed by atoms with E-state index < -0.39 is 5.82 Å². The molecule has 5 heteroatoms. The highest BCUT2D eigenvalue weighted by Crippen LogP contribution is 2.25. The van der Waals surface area contributed by atoms with Crippen molar-refractivity contribution in [3.05, 3.63) is 65.5 Å². The van der Waals surface area contributed by atoms with E-state index >= 15 is 0 Å². The highest BCUT2D eigenvalue weighted by Gasteiger charge is 2.23. The average molecular weight is 386 g/mol. The summed E-state index contributed by atoms with van der Waals surface area (Å²) in [5, 5.41) is 0. The van der Waals surface area contributed by atoms with Gasteiger partial charge in [-0.3, -0.25) is 9.59 Å². The van der Waals surface area contributed by atoms with Crippen molar-refractivity contribution in [1.29, 1.82) is 0 Å². The third-order valence-electron chi connectivity index (χ3n) is 5.02. The molecule has 0 radical (unpaired) electrons. The van der Waals surface area contributed by atoms with E-state index in [1.54, 1.807) is 12.1 Å². The van der Waals surface area contributed by atoms with Crippen LogP contribution in [0.25, 0.3) is 0 Å². The molecule has 0 saturated carbocycles. The van der Waals surface area contributed by atoms with Crippen LogP contribution in [0.4, 0.5) is 4.39 Å². The number of carbonyl (C=O) groups is 2. The Labute approximate surface area is 164 Å². The molecule has 0 bridgehead atoms. The molecule has 3 rings (SSSR count). The van der Waals surface area contributed by atoms with Gasteiger partial charge in [-0.15, -0.1) is 11.8 Å². The zero-order valence-corrected chi connectivity index (χ0v) is 16.3. The van der Waals surface area contributed by atoms with E-state index in [2.05, 4.69) is 24.3 Å². The molecular formula is C22H24FNO2S. The first-order valence-electron chi connectivity index (χ1n) is 9.28. The molecule has 27 heavy (non-hydrogen) atoms. The predicted octanol–water partition coefficient (Wildman–Crippen LogP) is 4.60. The lowest BCUT2D eigenvalue weighted by Gasteiger charge is -2.32. The van der Waals surface area contributed by atoms with Crippen LogP contribution < -0.4 is 0 Å². The highest BCUT2D eigenvalue weighted by molar-refractivity contribution is 8.00. The summed E-state index contributed by atoms with van der Waals surface area (Å²) in [6.07, 6.45) is 3.07. The van der Waals surface area contributed by atoms with E-state index in [-0.39, 0.29) is 17.4 Å². The molecule has 0 aromatic heterocycles. The molecule has 3 nitrogen and oxygen atoms in total. The van der Waals surface area contributed by atoms with Crippen molar-refractivity contribution < 1.29 is 14.0 Å². The molecule has 142 valence electrons. The first-order chi connectivity index (χ1) is 13.0. The number of rotatable bonds is 6. The predicted molar refractivity (Wildman–Crippen MR) is 107 cm³/mol. The number of hydrogen-bond acceptors (Lipinski definition) is 3. The normalized spacial score (nSPS) is 15.0. The third kappa shape index (κ3) is 5.42. The second kappa shape index (κ2) is 9.18. The number of likely N-dealkylation sites (tertiary alicyclic amines) is 1.